The van der Waals surface area contributed by atoms with Crippen LogP contribution in [0.5, 0.6) is 5.75 Å². The summed E-state index contributed by atoms with van der Waals surface area (Å²) >= 11 is 0. The number of para-hydroxylation sites is 2. The minimum atomic E-state index is -0.184. The summed E-state index contributed by atoms with van der Waals surface area (Å²) in [6.45, 7) is 3.85. The summed E-state index contributed by atoms with van der Waals surface area (Å²) in [5.41, 5.74) is 0.663. The molecule has 142 valence electrons. The zero-order chi connectivity index (χ0) is 18.6. The van der Waals surface area contributed by atoms with Crippen molar-refractivity contribution in [3.05, 3.63) is 48.4 Å². The molecule has 2 aliphatic rings. The molecule has 7 heteroatoms. The maximum absolute atomic E-state index is 12.9. The maximum Gasteiger partial charge on any atom is 0.265 e. The number of hydrogen-bond donors (Lipinski definition) is 0. The molecule has 1 saturated heterocycles. The van der Waals surface area contributed by atoms with Gasteiger partial charge in [-0.2, -0.15) is 0 Å². The highest BCUT2D eigenvalue weighted by Gasteiger charge is 2.29. The van der Waals surface area contributed by atoms with Crippen molar-refractivity contribution in [1.82, 2.24) is 9.80 Å². The molecule has 0 bridgehead atoms. The highest BCUT2D eigenvalue weighted by Crippen LogP contribution is 2.31. The standard InChI is InChI=1S/C20H23N3O4/c24-19(14-23-17-6-1-2-7-18(17)27-15-20(23)25)22-9-4-8-21(10-11-22)13-16-5-3-12-26-16/h1-3,5-7,12H,4,8-11,13-15H2. The van der Waals surface area contributed by atoms with E-state index in [-0.39, 0.29) is 25.0 Å². The van der Waals surface area contributed by atoms with Gasteiger partial charge in [0, 0.05) is 26.2 Å². The fraction of sp³-hybridized carbons (Fsp3) is 0.400. The SMILES string of the molecule is O=C(CN1C(=O)COc2ccccc21)N1CCCN(Cc2ccco2)CC1. The molecule has 0 aliphatic carbocycles. The van der Waals surface area contributed by atoms with Crippen LogP contribution in [0, 0.1) is 0 Å². The lowest BCUT2D eigenvalue weighted by Gasteiger charge is -2.31. The van der Waals surface area contributed by atoms with Crippen LogP contribution >= 0.6 is 0 Å². The Hall–Kier alpha value is -2.80. The number of rotatable bonds is 4. The molecule has 7 nitrogen and oxygen atoms in total. The molecule has 0 atom stereocenters. The summed E-state index contributed by atoms with van der Waals surface area (Å²) in [4.78, 5) is 30.8. The van der Waals surface area contributed by atoms with E-state index in [9.17, 15) is 9.59 Å². The van der Waals surface area contributed by atoms with Gasteiger partial charge in [-0.15, -0.1) is 0 Å². The zero-order valence-corrected chi connectivity index (χ0v) is 15.2. The molecule has 0 radical (unpaired) electrons. The largest absolute Gasteiger partial charge is 0.482 e. The van der Waals surface area contributed by atoms with E-state index in [2.05, 4.69) is 4.90 Å². The van der Waals surface area contributed by atoms with Crippen LogP contribution in [0.25, 0.3) is 0 Å². The maximum atomic E-state index is 12.9. The summed E-state index contributed by atoms with van der Waals surface area (Å²) in [6, 6.07) is 11.2. The Morgan fingerprint density at radius 3 is 2.78 bits per heavy atom. The Morgan fingerprint density at radius 1 is 1.04 bits per heavy atom. The normalized spacial score (nSPS) is 18.0. The van der Waals surface area contributed by atoms with Crippen LogP contribution in [0.3, 0.4) is 0 Å². The third-order valence-corrected chi connectivity index (χ3v) is 5.00. The fourth-order valence-corrected chi connectivity index (χ4v) is 3.56. The molecular weight excluding hydrogens is 346 g/mol. The smallest absolute Gasteiger partial charge is 0.265 e. The number of carbonyl (C=O) groups is 2. The lowest BCUT2D eigenvalue weighted by Crippen LogP contribution is -2.47. The lowest BCUT2D eigenvalue weighted by molar-refractivity contribution is -0.131. The van der Waals surface area contributed by atoms with Gasteiger partial charge in [0.2, 0.25) is 5.91 Å². The van der Waals surface area contributed by atoms with Crippen LogP contribution < -0.4 is 9.64 Å². The Kier molecular flexibility index (Phi) is 5.11. The number of benzene rings is 1. The van der Waals surface area contributed by atoms with Gasteiger partial charge in [0.15, 0.2) is 6.61 Å². The van der Waals surface area contributed by atoms with Crippen LogP contribution in [-0.4, -0.2) is 60.9 Å². The minimum Gasteiger partial charge on any atom is -0.482 e. The summed E-state index contributed by atoms with van der Waals surface area (Å²) in [5.74, 6) is 1.37. The molecule has 2 aromatic rings. The first-order valence-corrected chi connectivity index (χ1v) is 9.25. The number of ether oxygens (including phenoxy) is 1. The van der Waals surface area contributed by atoms with E-state index in [1.165, 1.54) is 4.90 Å². The highest BCUT2D eigenvalue weighted by molar-refractivity contribution is 6.02. The van der Waals surface area contributed by atoms with E-state index < -0.39 is 0 Å². The van der Waals surface area contributed by atoms with Crippen molar-refractivity contribution in [1.29, 1.82) is 0 Å². The van der Waals surface area contributed by atoms with E-state index in [1.54, 1.807) is 6.26 Å². The molecule has 27 heavy (non-hydrogen) atoms. The van der Waals surface area contributed by atoms with Gasteiger partial charge in [0.25, 0.3) is 5.91 Å². The van der Waals surface area contributed by atoms with Crippen molar-refractivity contribution in [3.63, 3.8) is 0 Å². The van der Waals surface area contributed by atoms with Crippen LogP contribution in [0.4, 0.5) is 5.69 Å². The van der Waals surface area contributed by atoms with Crippen LogP contribution in [0.15, 0.2) is 47.1 Å². The number of nitrogens with zero attached hydrogens (tertiary/aromatic N) is 3. The third kappa shape index (κ3) is 3.98. The van der Waals surface area contributed by atoms with Crippen molar-refractivity contribution >= 4 is 17.5 Å². The Balaban J connectivity index is 1.38. The topological polar surface area (TPSA) is 66.2 Å². The minimum absolute atomic E-state index is 0.0266. The van der Waals surface area contributed by atoms with E-state index >= 15 is 0 Å². The molecule has 1 aromatic carbocycles. The molecule has 3 heterocycles. The molecule has 2 amide bonds. The average molecular weight is 369 g/mol. The first kappa shape index (κ1) is 17.6. The average Bonchev–Trinajstić information content (AvgIpc) is 3.08. The number of anilines is 1. The number of furan rings is 1. The predicted octanol–water partition coefficient (Wildman–Crippen LogP) is 1.74. The Labute approximate surface area is 158 Å². The number of hydrogen-bond acceptors (Lipinski definition) is 5. The summed E-state index contributed by atoms with van der Waals surface area (Å²) in [5, 5.41) is 0. The van der Waals surface area contributed by atoms with Crippen molar-refractivity contribution in [2.75, 3.05) is 44.2 Å². The molecule has 0 saturated carbocycles. The first-order valence-electron chi connectivity index (χ1n) is 9.25. The second-order valence-electron chi connectivity index (χ2n) is 6.83. The molecular formula is C20H23N3O4. The van der Waals surface area contributed by atoms with Crippen LogP contribution in [0.1, 0.15) is 12.2 Å². The third-order valence-electron chi connectivity index (χ3n) is 5.00. The van der Waals surface area contributed by atoms with Gasteiger partial charge in [0.1, 0.15) is 18.1 Å². The van der Waals surface area contributed by atoms with Gasteiger partial charge in [-0.1, -0.05) is 12.1 Å². The van der Waals surface area contributed by atoms with E-state index in [4.69, 9.17) is 9.15 Å². The van der Waals surface area contributed by atoms with Crippen molar-refractivity contribution in [3.8, 4) is 5.75 Å². The van der Waals surface area contributed by atoms with Crippen molar-refractivity contribution in [2.24, 2.45) is 0 Å². The summed E-state index contributed by atoms with van der Waals surface area (Å²) in [7, 11) is 0. The summed E-state index contributed by atoms with van der Waals surface area (Å²) in [6.07, 6.45) is 2.58. The van der Waals surface area contributed by atoms with Gasteiger partial charge in [-0.05, 0) is 30.7 Å². The zero-order valence-electron chi connectivity index (χ0n) is 15.2. The lowest BCUT2D eigenvalue weighted by atomic mass is 10.2. The van der Waals surface area contributed by atoms with Gasteiger partial charge >= 0.3 is 0 Å². The molecule has 2 aliphatic heterocycles. The molecule has 0 N–H and O–H groups in total. The van der Waals surface area contributed by atoms with Gasteiger partial charge < -0.3 is 14.1 Å². The highest BCUT2D eigenvalue weighted by atomic mass is 16.5. The number of fused-ring (bicyclic) bond motifs is 1. The predicted molar refractivity (Wildman–Crippen MR) is 99.5 cm³/mol. The molecule has 4 rings (SSSR count). The molecule has 1 aromatic heterocycles. The van der Waals surface area contributed by atoms with E-state index in [1.807, 2.05) is 41.3 Å². The number of carbonyl (C=O) groups excluding carboxylic acids is 2. The van der Waals surface area contributed by atoms with Crippen molar-refractivity contribution < 1.29 is 18.7 Å². The van der Waals surface area contributed by atoms with E-state index in [0.717, 1.165) is 31.8 Å². The monoisotopic (exact) mass is 369 g/mol. The van der Waals surface area contributed by atoms with Crippen LogP contribution in [-0.2, 0) is 16.1 Å². The quantitative estimate of drug-likeness (QED) is 0.821. The summed E-state index contributed by atoms with van der Waals surface area (Å²) < 4.78 is 10.9. The first-order chi connectivity index (χ1) is 13.2. The second-order valence-corrected chi connectivity index (χ2v) is 6.83. The molecule has 0 spiro atoms. The van der Waals surface area contributed by atoms with Crippen molar-refractivity contribution in [2.45, 2.75) is 13.0 Å². The number of amides is 2. The van der Waals surface area contributed by atoms with Gasteiger partial charge in [-0.3, -0.25) is 19.4 Å². The Morgan fingerprint density at radius 2 is 1.93 bits per heavy atom. The second kappa shape index (κ2) is 7.84. The van der Waals surface area contributed by atoms with Crippen LogP contribution in [0.2, 0.25) is 0 Å². The van der Waals surface area contributed by atoms with E-state index in [0.29, 0.717) is 24.5 Å². The molecule has 1 fully saturated rings. The molecule has 0 unspecified atom stereocenters. The van der Waals surface area contributed by atoms with Gasteiger partial charge in [0.05, 0.1) is 18.5 Å². The fourth-order valence-electron chi connectivity index (χ4n) is 3.56. The Bertz CT molecular complexity index is 805. The van der Waals surface area contributed by atoms with Gasteiger partial charge in [-0.25, -0.2) is 0 Å².